The Morgan fingerprint density at radius 2 is 1.95 bits per heavy atom. The van der Waals surface area contributed by atoms with Crippen molar-refractivity contribution in [1.29, 1.82) is 0 Å². The van der Waals surface area contributed by atoms with Crippen LogP contribution in [0.4, 0.5) is 0 Å². The van der Waals surface area contributed by atoms with Crippen LogP contribution in [-0.4, -0.2) is 31.3 Å². The Kier molecular flexibility index (Phi) is 5.62. The lowest BCUT2D eigenvalue weighted by Crippen LogP contribution is -2.16. The quantitative estimate of drug-likeness (QED) is 0.744. The number of nitrogens with zero attached hydrogens (tertiary/aromatic N) is 1. The Hall–Kier alpha value is -0.860. The molecule has 0 heterocycles. The minimum Gasteiger partial charge on any atom is -0.309 e. The van der Waals surface area contributed by atoms with Crippen LogP contribution in [0.25, 0.3) is 0 Å². The average molecular weight is 294 g/mol. The molecular weight excluding hydrogens is 270 g/mol. The molecule has 0 radical (unpaired) electrons. The van der Waals surface area contributed by atoms with Gasteiger partial charge in [-0.3, -0.25) is 4.79 Å². The molecule has 0 saturated heterocycles. The number of hydrogen-bond acceptors (Lipinski definition) is 2. The summed E-state index contributed by atoms with van der Waals surface area (Å²) in [6, 6.07) is 5.89. The molecule has 2 rings (SSSR count). The lowest BCUT2D eigenvalue weighted by molar-refractivity contribution is 0.0972. The highest BCUT2D eigenvalue weighted by molar-refractivity contribution is 6.31. The van der Waals surface area contributed by atoms with Crippen molar-refractivity contribution >= 4 is 17.4 Å². The Balaban J connectivity index is 2.06. The second-order valence-corrected chi connectivity index (χ2v) is 6.45. The summed E-state index contributed by atoms with van der Waals surface area (Å²) < 4.78 is 0. The third kappa shape index (κ3) is 4.07. The number of hydrogen-bond donors (Lipinski definition) is 0. The highest BCUT2D eigenvalue weighted by Gasteiger charge is 2.19. The van der Waals surface area contributed by atoms with Crippen LogP contribution >= 0.6 is 11.6 Å². The van der Waals surface area contributed by atoms with E-state index in [0.29, 0.717) is 12.3 Å². The molecule has 1 aromatic carbocycles. The van der Waals surface area contributed by atoms with Gasteiger partial charge in [-0.1, -0.05) is 43.0 Å². The van der Waals surface area contributed by atoms with Crippen molar-refractivity contribution in [3.8, 4) is 0 Å². The van der Waals surface area contributed by atoms with Gasteiger partial charge in [-0.15, -0.1) is 0 Å². The number of Topliss-reactive ketones (excluding diaryl/α,β-unsaturated/α-hetero) is 1. The van der Waals surface area contributed by atoms with E-state index in [-0.39, 0.29) is 5.78 Å². The van der Waals surface area contributed by atoms with Gasteiger partial charge in [-0.05, 0) is 44.5 Å². The van der Waals surface area contributed by atoms with Gasteiger partial charge in [0.1, 0.15) is 0 Å². The van der Waals surface area contributed by atoms with E-state index in [2.05, 4.69) is 6.07 Å². The molecule has 1 saturated carbocycles. The summed E-state index contributed by atoms with van der Waals surface area (Å²) in [5.74, 6) is 0.762. The summed E-state index contributed by atoms with van der Waals surface area (Å²) in [7, 11) is 3.96. The first-order valence-electron chi connectivity index (χ1n) is 7.55. The highest BCUT2D eigenvalue weighted by Crippen LogP contribution is 2.36. The molecule has 0 bridgehead atoms. The van der Waals surface area contributed by atoms with Gasteiger partial charge in [-0.2, -0.15) is 0 Å². The SMILES string of the molecule is CN(C)CCC(=O)c1ccc(C2CCCCC2)c(Cl)c1. The van der Waals surface area contributed by atoms with Gasteiger partial charge in [0.05, 0.1) is 0 Å². The first-order valence-corrected chi connectivity index (χ1v) is 7.93. The first kappa shape index (κ1) is 15.5. The third-order valence-corrected chi connectivity index (χ3v) is 4.48. The van der Waals surface area contributed by atoms with E-state index >= 15 is 0 Å². The van der Waals surface area contributed by atoms with Gasteiger partial charge < -0.3 is 4.90 Å². The maximum Gasteiger partial charge on any atom is 0.164 e. The van der Waals surface area contributed by atoms with E-state index in [9.17, 15) is 4.79 Å². The third-order valence-electron chi connectivity index (χ3n) is 4.15. The van der Waals surface area contributed by atoms with E-state index in [1.807, 2.05) is 31.1 Å². The summed E-state index contributed by atoms with van der Waals surface area (Å²) in [4.78, 5) is 14.1. The summed E-state index contributed by atoms with van der Waals surface area (Å²) >= 11 is 6.41. The Morgan fingerprint density at radius 1 is 1.25 bits per heavy atom. The first-order chi connectivity index (χ1) is 9.58. The fourth-order valence-electron chi connectivity index (χ4n) is 2.91. The van der Waals surface area contributed by atoms with Crippen LogP contribution in [0.15, 0.2) is 18.2 Å². The molecule has 0 atom stereocenters. The maximum atomic E-state index is 12.1. The van der Waals surface area contributed by atoms with Gasteiger partial charge in [0.25, 0.3) is 0 Å². The second kappa shape index (κ2) is 7.24. The smallest absolute Gasteiger partial charge is 0.164 e. The lowest BCUT2D eigenvalue weighted by atomic mass is 9.83. The molecule has 20 heavy (non-hydrogen) atoms. The zero-order valence-corrected chi connectivity index (χ0v) is 13.2. The minimum absolute atomic E-state index is 0.177. The minimum atomic E-state index is 0.177. The molecular formula is C17H24ClNO. The molecule has 0 aromatic heterocycles. The average Bonchev–Trinajstić information content (AvgIpc) is 2.45. The van der Waals surface area contributed by atoms with Crippen molar-refractivity contribution in [2.24, 2.45) is 0 Å². The van der Waals surface area contributed by atoms with E-state index in [1.165, 1.54) is 37.7 Å². The Labute approximate surface area is 127 Å². The van der Waals surface area contributed by atoms with Crippen LogP contribution in [0.1, 0.15) is 60.4 Å². The molecule has 0 unspecified atom stereocenters. The van der Waals surface area contributed by atoms with Crippen LogP contribution in [0.2, 0.25) is 5.02 Å². The second-order valence-electron chi connectivity index (χ2n) is 6.05. The normalized spacial score (nSPS) is 16.6. The van der Waals surface area contributed by atoms with Gasteiger partial charge in [0.15, 0.2) is 5.78 Å². The summed E-state index contributed by atoms with van der Waals surface area (Å²) in [6.07, 6.45) is 6.94. The largest absolute Gasteiger partial charge is 0.309 e. The van der Waals surface area contributed by atoms with Crippen molar-refractivity contribution in [3.05, 3.63) is 34.3 Å². The molecule has 1 aliphatic rings. The number of carbonyl (C=O) groups excluding carboxylic acids is 1. The molecule has 0 spiro atoms. The topological polar surface area (TPSA) is 20.3 Å². The van der Waals surface area contributed by atoms with Gasteiger partial charge in [-0.25, -0.2) is 0 Å². The molecule has 1 aliphatic carbocycles. The van der Waals surface area contributed by atoms with Crippen LogP contribution in [0.5, 0.6) is 0 Å². The van der Waals surface area contributed by atoms with Crippen LogP contribution in [0, 0.1) is 0 Å². The van der Waals surface area contributed by atoms with E-state index in [1.54, 1.807) is 0 Å². The number of ketones is 1. The standard InChI is InChI=1S/C17H24ClNO/c1-19(2)11-10-17(20)14-8-9-15(16(18)12-14)13-6-4-3-5-7-13/h8-9,12-13H,3-7,10-11H2,1-2H3. The van der Waals surface area contributed by atoms with Crippen molar-refractivity contribution in [2.45, 2.75) is 44.4 Å². The zero-order chi connectivity index (χ0) is 14.5. The molecule has 2 nitrogen and oxygen atoms in total. The van der Waals surface area contributed by atoms with Crippen LogP contribution < -0.4 is 0 Å². The fraction of sp³-hybridized carbons (Fsp3) is 0.588. The Morgan fingerprint density at radius 3 is 2.55 bits per heavy atom. The van der Waals surface area contributed by atoms with Gasteiger partial charge in [0, 0.05) is 23.6 Å². The van der Waals surface area contributed by atoms with Crippen LogP contribution in [0.3, 0.4) is 0 Å². The predicted molar refractivity (Wildman–Crippen MR) is 84.8 cm³/mol. The fourth-order valence-corrected chi connectivity index (χ4v) is 3.25. The number of halogens is 1. The summed E-state index contributed by atoms with van der Waals surface area (Å²) in [6.45, 7) is 0.779. The Bertz CT molecular complexity index is 464. The number of benzene rings is 1. The predicted octanol–water partition coefficient (Wildman–Crippen LogP) is 4.52. The molecule has 0 N–H and O–H groups in total. The number of carbonyl (C=O) groups is 1. The number of rotatable bonds is 5. The molecule has 3 heteroatoms. The van der Waals surface area contributed by atoms with Crippen molar-refractivity contribution in [1.82, 2.24) is 4.90 Å². The zero-order valence-electron chi connectivity index (χ0n) is 12.5. The van der Waals surface area contributed by atoms with Crippen LogP contribution in [-0.2, 0) is 0 Å². The van der Waals surface area contributed by atoms with E-state index in [0.717, 1.165) is 17.1 Å². The highest BCUT2D eigenvalue weighted by atomic mass is 35.5. The molecule has 0 aliphatic heterocycles. The summed E-state index contributed by atoms with van der Waals surface area (Å²) in [5.41, 5.74) is 1.98. The van der Waals surface area contributed by atoms with Crippen molar-refractivity contribution in [2.75, 3.05) is 20.6 Å². The van der Waals surface area contributed by atoms with Gasteiger partial charge in [0.2, 0.25) is 0 Å². The molecule has 1 fully saturated rings. The van der Waals surface area contributed by atoms with Crippen molar-refractivity contribution < 1.29 is 4.79 Å². The summed E-state index contributed by atoms with van der Waals surface area (Å²) in [5, 5.41) is 0.771. The van der Waals surface area contributed by atoms with Gasteiger partial charge >= 0.3 is 0 Å². The van der Waals surface area contributed by atoms with E-state index < -0.39 is 0 Å². The van der Waals surface area contributed by atoms with E-state index in [4.69, 9.17) is 11.6 Å². The molecule has 1 aromatic rings. The monoisotopic (exact) mass is 293 g/mol. The maximum absolute atomic E-state index is 12.1. The lowest BCUT2D eigenvalue weighted by Gasteiger charge is -2.23. The van der Waals surface area contributed by atoms with Crippen molar-refractivity contribution in [3.63, 3.8) is 0 Å². The molecule has 110 valence electrons. The molecule has 0 amide bonds.